The highest BCUT2D eigenvalue weighted by Crippen LogP contribution is 2.20. The van der Waals surface area contributed by atoms with Crippen LogP contribution in [0.15, 0.2) is 36.4 Å². The molecule has 150 valence electrons. The van der Waals surface area contributed by atoms with Gasteiger partial charge in [-0.05, 0) is 82.9 Å². The number of nitrogens with one attached hydrogen (secondary N) is 1. The standard InChI is InChI=1S/C24H32N2O2/c1-8-18-10-11-20(15-19(18)9-2)23(28)26(24(5,6)7)25-22(27)21-13-16(3)12-17(4)14-21/h10-15H,8-9H2,1-7H3,(H,25,27). The van der Waals surface area contributed by atoms with Gasteiger partial charge in [0.05, 0.1) is 5.54 Å². The van der Waals surface area contributed by atoms with Crippen molar-refractivity contribution in [3.05, 3.63) is 69.8 Å². The number of amides is 2. The highest BCUT2D eigenvalue weighted by Gasteiger charge is 2.30. The molecule has 0 saturated carbocycles. The minimum absolute atomic E-state index is 0.206. The predicted molar refractivity (Wildman–Crippen MR) is 115 cm³/mol. The molecule has 4 nitrogen and oxygen atoms in total. The Balaban J connectivity index is 2.36. The molecule has 0 saturated heterocycles. The number of aryl methyl sites for hydroxylation is 4. The van der Waals surface area contributed by atoms with Gasteiger partial charge < -0.3 is 0 Å². The molecule has 0 spiro atoms. The number of hydrogen-bond acceptors (Lipinski definition) is 2. The molecule has 0 aliphatic carbocycles. The average Bonchev–Trinajstić information content (AvgIpc) is 2.63. The number of carbonyl (C=O) groups excluding carboxylic acids is 2. The van der Waals surface area contributed by atoms with Gasteiger partial charge in [-0.1, -0.05) is 37.1 Å². The summed E-state index contributed by atoms with van der Waals surface area (Å²) in [5.41, 5.74) is 7.86. The van der Waals surface area contributed by atoms with Gasteiger partial charge in [0.15, 0.2) is 0 Å². The summed E-state index contributed by atoms with van der Waals surface area (Å²) in [5.74, 6) is -0.487. The van der Waals surface area contributed by atoms with Gasteiger partial charge in [0.2, 0.25) is 0 Å². The molecule has 0 heterocycles. The van der Waals surface area contributed by atoms with E-state index in [0.29, 0.717) is 11.1 Å². The van der Waals surface area contributed by atoms with Gasteiger partial charge in [-0.25, -0.2) is 5.01 Å². The molecule has 2 amide bonds. The number of rotatable bonds is 4. The van der Waals surface area contributed by atoms with Crippen LogP contribution in [0.5, 0.6) is 0 Å². The zero-order chi connectivity index (χ0) is 21.1. The molecule has 28 heavy (non-hydrogen) atoms. The third-order valence-electron chi connectivity index (χ3n) is 4.79. The maximum atomic E-state index is 13.3. The third-order valence-corrected chi connectivity index (χ3v) is 4.79. The quantitative estimate of drug-likeness (QED) is 0.758. The lowest BCUT2D eigenvalue weighted by Gasteiger charge is -2.35. The van der Waals surface area contributed by atoms with Crippen molar-refractivity contribution in [2.24, 2.45) is 0 Å². The van der Waals surface area contributed by atoms with Crippen molar-refractivity contribution in [1.29, 1.82) is 0 Å². The summed E-state index contributed by atoms with van der Waals surface area (Å²) in [5, 5.41) is 1.44. The van der Waals surface area contributed by atoms with E-state index in [0.717, 1.165) is 24.0 Å². The van der Waals surface area contributed by atoms with E-state index in [4.69, 9.17) is 0 Å². The number of hydrazine groups is 1. The van der Waals surface area contributed by atoms with E-state index in [1.165, 1.54) is 16.1 Å². The van der Waals surface area contributed by atoms with Crippen LogP contribution in [0.2, 0.25) is 0 Å². The summed E-state index contributed by atoms with van der Waals surface area (Å²) in [7, 11) is 0. The zero-order valence-electron chi connectivity index (χ0n) is 18.1. The highest BCUT2D eigenvalue weighted by atomic mass is 16.2. The minimum Gasteiger partial charge on any atom is -0.267 e. The molecule has 2 aromatic carbocycles. The van der Waals surface area contributed by atoms with E-state index >= 15 is 0 Å². The van der Waals surface area contributed by atoms with Crippen LogP contribution in [-0.2, 0) is 12.8 Å². The second kappa shape index (κ2) is 8.59. The van der Waals surface area contributed by atoms with Crippen LogP contribution in [0.25, 0.3) is 0 Å². The monoisotopic (exact) mass is 380 g/mol. The summed E-state index contributed by atoms with van der Waals surface area (Å²) < 4.78 is 0. The van der Waals surface area contributed by atoms with Crippen molar-refractivity contribution in [2.75, 3.05) is 0 Å². The molecule has 0 aliphatic rings. The van der Waals surface area contributed by atoms with E-state index in [1.807, 2.05) is 71.0 Å². The number of carbonyl (C=O) groups is 2. The van der Waals surface area contributed by atoms with Crippen molar-refractivity contribution in [1.82, 2.24) is 10.4 Å². The summed E-state index contributed by atoms with van der Waals surface area (Å²) in [6.45, 7) is 13.8. The van der Waals surface area contributed by atoms with Crippen LogP contribution in [-0.4, -0.2) is 22.4 Å². The van der Waals surface area contributed by atoms with E-state index in [9.17, 15) is 9.59 Å². The molecular weight excluding hydrogens is 348 g/mol. The molecule has 2 rings (SSSR count). The molecule has 2 aromatic rings. The topological polar surface area (TPSA) is 49.4 Å². The average molecular weight is 381 g/mol. The van der Waals surface area contributed by atoms with Crippen LogP contribution in [0, 0.1) is 13.8 Å². The number of nitrogens with zero attached hydrogens (tertiary/aromatic N) is 1. The molecule has 0 radical (unpaired) electrons. The van der Waals surface area contributed by atoms with Crippen molar-refractivity contribution in [3.63, 3.8) is 0 Å². The first kappa shape index (κ1) is 21.7. The Hall–Kier alpha value is -2.62. The molecule has 4 heteroatoms. The SMILES string of the molecule is CCc1ccc(C(=O)N(NC(=O)c2cc(C)cc(C)c2)C(C)(C)C)cc1CC. The minimum atomic E-state index is -0.568. The van der Waals surface area contributed by atoms with Crippen LogP contribution >= 0.6 is 0 Å². The fourth-order valence-corrected chi connectivity index (χ4v) is 3.36. The maximum Gasteiger partial charge on any atom is 0.272 e. The van der Waals surface area contributed by atoms with E-state index in [-0.39, 0.29) is 11.8 Å². The van der Waals surface area contributed by atoms with Crippen LogP contribution in [0.4, 0.5) is 0 Å². The third kappa shape index (κ3) is 5.00. The Morgan fingerprint density at radius 3 is 1.93 bits per heavy atom. The van der Waals surface area contributed by atoms with Crippen molar-refractivity contribution in [2.45, 2.75) is 66.8 Å². The maximum absolute atomic E-state index is 13.3. The molecule has 0 fully saturated rings. The second-order valence-electron chi connectivity index (χ2n) is 8.32. The Bertz CT molecular complexity index is 858. The first-order valence-corrected chi connectivity index (χ1v) is 9.92. The number of benzene rings is 2. The van der Waals surface area contributed by atoms with Gasteiger partial charge in [-0.3, -0.25) is 15.0 Å². The van der Waals surface area contributed by atoms with Crippen LogP contribution < -0.4 is 5.43 Å². The molecule has 0 bridgehead atoms. The summed E-state index contributed by atoms with van der Waals surface area (Å²) >= 11 is 0. The smallest absolute Gasteiger partial charge is 0.267 e. The largest absolute Gasteiger partial charge is 0.272 e. The van der Waals surface area contributed by atoms with Gasteiger partial charge in [0.25, 0.3) is 11.8 Å². The summed E-state index contributed by atoms with van der Waals surface area (Å²) in [6, 6.07) is 11.5. The summed E-state index contributed by atoms with van der Waals surface area (Å²) in [6.07, 6.45) is 1.80. The number of hydrogen-bond donors (Lipinski definition) is 1. The van der Waals surface area contributed by atoms with Crippen LogP contribution in [0.3, 0.4) is 0 Å². The Morgan fingerprint density at radius 1 is 0.857 bits per heavy atom. The van der Waals surface area contributed by atoms with E-state index < -0.39 is 5.54 Å². The van der Waals surface area contributed by atoms with Crippen LogP contribution in [0.1, 0.15) is 77.6 Å². The Kier molecular flexibility index (Phi) is 6.65. The normalized spacial score (nSPS) is 11.2. The van der Waals surface area contributed by atoms with Crippen molar-refractivity contribution in [3.8, 4) is 0 Å². The molecule has 0 aliphatic heterocycles. The van der Waals surface area contributed by atoms with Gasteiger partial charge in [0, 0.05) is 11.1 Å². The first-order valence-electron chi connectivity index (χ1n) is 9.92. The molecule has 0 unspecified atom stereocenters. The van der Waals surface area contributed by atoms with Crippen molar-refractivity contribution < 1.29 is 9.59 Å². The van der Waals surface area contributed by atoms with E-state index in [2.05, 4.69) is 19.3 Å². The first-order chi connectivity index (χ1) is 13.1. The predicted octanol–water partition coefficient (Wildman–Crippen LogP) is 5.01. The highest BCUT2D eigenvalue weighted by molar-refractivity contribution is 5.99. The Morgan fingerprint density at radius 2 is 1.43 bits per heavy atom. The zero-order valence-corrected chi connectivity index (χ0v) is 18.1. The fraction of sp³-hybridized carbons (Fsp3) is 0.417. The molecule has 1 N–H and O–H groups in total. The lowest BCUT2D eigenvalue weighted by atomic mass is 9.98. The van der Waals surface area contributed by atoms with E-state index in [1.54, 1.807) is 0 Å². The lowest BCUT2D eigenvalue weighted by molar-refractivity contribution is 0.0358. The molecule has 0 aromatic heterocycles. The van der Waals surface area contributed by atoms with Gasteiger partial charge >= 0.3 is 0 Å². The van der Waals surface area contributed by atoms with Gasteiger partial charge in [0.1, 0.15) is 0 Å². The molecular formula is C24H32N2O2. The van der Waals surface area contributed by atoms with Crippen molar-refractivity contribution >= 4 is 11.8 Å². The molecule has 0 atom stereocenters. The Labute approximate surface area is 168 Å². The van der Waals surface area contributed by atoms with Gasteiger partial charge in [-0.15, -0.1) is 0 Å². The van der Waals surface area contributed by atoms with Gasteiger partial charge in [-0.2, -0.15) is 0 Å². The fourth-order valence-electron chi connectivity index (χ4n) is 3.36. The lowest BCUT2D eigenvalue weighted by Crippen LogP contribution is -2.55. The summed E-state index contributed by atoms with van der Waals surface area (Å²) in [4.78, 5) is 26.1. The second-order valence-corrected chi connectivity index (χ2v) is 8.32.